The summed E-state index contributed by atoms with van der Waals surface area (Å²) in [5.74, 6) is 0. The molecule has 3 nitrogen and oxygen atoms in total. The number of fused-ring (bicyclic) bond motifs is 1. The lowest BCUT2D eigenvalue weighted by Crippen LogP contribution is -2.37. The number of pyridine rings is 1. The molecule has 0 N–H and O–H groups in total. The average Bonchev–Trinajstić information content (AvgIpc) is 2.90. The van der Waals surface area contributed by atoms with Crippen LogP contribution in [-0.2, 0) is 0 Å². The fourth-order valence-corrected chi connectivity index (χ4v) is 3.04. The summed E-state index contributed by atoms with van der Waals surface area (Å²) in [5.41, 5.74) is 2.54. The molecule has 22 heavy (non-hydrogen) atoms. The molecule has 1 aromatic carbocycles. The van der Waals surface area contributed by atoms with Gasteiger partial charge in [0.2, 0.25) is 0 Å². The highest BCUT2D eigenvalue weighted by atomic mass is 15.4. The summed E-state index contributed by atoms with van der Waals surface area (Å²) in [6, 6.07) is 12.1. The van der Waals surface area contributed by atoms with Gasteiger partial charge in [-0.05, 0) is 31.9 Å². The van der Waals surface area contributed by atoms with Crippen LogP contribution in [0.25, 0.3) is 10.9 Å². The van der Waals surface area contributed by atoms with Gasteiger partial charge in [-0.25, -0.2) is 0 Å². The highest BCUT2D eigenvalue weighted by Crippen LogP contribution is 2.24. The van der Waals surface area contributed by atoms with Crippen molar-refractivity contribution < 1.29 is 0 Å². The first-order valence-corrected chi connectivity index (χ1v) is 8.20. The van der Waals surface area contributed by atoms with Crippen LogP contribution in [0.3, 0.4) is 0 Å². The molecular formula is C19H27N3. The van der Waals surface area contributed by atoms with E-state index in [0.717, 1.165) is 18.5 Å². The fourth-order valence-electron chi connectivity index (χ4n) is 3.04. The van der Waals surface area contributed by atoms with E-state index < -0.39 is 0 Å². The molecule has 1 aromatic heterocycles. The SMILES string of the molecule is CCC1=CN(C)C(CC)N1CC.c1ccc2ncccc2c1. The van der Waals surface area contributed by atoms with Gasteiger partial charge in [0, 0.05) is 37.1 Å². The molecule has 0 spiro atoms. The van der Waals surface area contributed by atoms with Crippen molar-refractivity contribution in [2.24, 2.45) is 0 Å². The minimum absolute atomic E-state index is 0.602. The van der Waals surface area contributed by atoms with Crippen molar-refractivity contribution in [1.29, 1.82) is 0 Å². The maximum absolute atomic E-state index is 4.18. The number of hydrogen-bond donors (Lipinski definition) is 0. The second kappa shape index (κ2) is 7.83. The minimum Gasteiger partial charge on any atom is -0.359 e. The maximum atomic E-state index is 4.18. The van der Waals surface area contributed by atoms with Gasteiger partial charge in [0.25, 0.3) is 0 Å². The van der Waals surface area contributed by atoms with Crippen LogP contribution in [0, 0.1) is 0 Å². The van der Waals surface area contributed by atoms with Crippen molar-refractivity contribution >= 4 is 10.9 Å². The molecule has 0 aliphatic carbocycles. The molecule has 1 aliphatic rings. The molecule has 0 saturated heterocycles. The molecule has 0 fully saturated rings. The Morgan fingerprint density at radius 3 is 2.41 bits per heavy atom. The lowest BCUT2D eigenvalue weighted by atomic mass is 10.2. The molecule has 0 radical (unpaired) electrons. The molecule has 1 atom stereocenters. The largest absolute Gasteiger partial charge is 0.359 e. The van der Waals surface area contributed by atoms with E-state index >= 15 is 0 Å². The topological polar surface area (TPSA) is 19.4 Å². The lowest BCUT2D eigenvalue weighted by molar-refractivity contribution is 0.166. The minimum atomic E-state index is 0.602. The Bertz CT molecular complexity index is 555. The molecule has 1 unspecified atom stereocenters. The zero-order valence-electron chi connectivity index (χ0n) is 14.2. The smallest absolute Gasteiger partial charge is 0.100 e. The Hall–Kier alpha value is -2.03. The molecule has 118 valence electrons. The predicted molar refractivity (Wildman–Crippen MR) is 94.3 cm³/mol. The van der Waals surface area contributed by atoms with Gasteiger partial charge in [-0.2, -0.15) is 0 Å². The van der Waals surface area contributed by atoms with Gasteiger partial charge in [-0.3, -0.25) is 4.98 Å². The Morgan fingerprint density at radius 1 is 1.05 bits per heavy atom. The van der Waals surface area contributed by atoms with E-state index in [1.807, 2.05) is 30.5 Å². The summed E-state index contributed by atoms with van der Waals surface area (Å²) >= 11 is 0. The van der Waals surface area contributed by atoms with Crippen molar-refractivity contribution in [2.75, 3.05) is 13.6 Å². The molecule has 1 aliphatic heterocycles. The van der Waals surface area contributed by atoms with Crippen LogP contribution >= 0.6 is 0 Å². The fraction of sp³-hybridized carbons (Fsp3) is 0.421. The van der Waals surface area contributed by atoms with Crippen molar-refractivity contribution in [2.45, 2.75) is 39.8 Å². The summed E-state index contributed by atoms with van der Waals surface area (Å²) in [7, 11) is 2.17. The van der Waals surface area contributed by atoms with E-state index in [4.69, 9.17) is 0 Å². The number of para-hydroxylation sites is 1. The van der Waals surface area contributed by atoms with E-state index in [2.05, 4.69) is 60.9 Å². The molecule has 2 aromatic rings. The van der Waals surface area contributed by atoms with Crippen molar-refractivity contribution in [3.05, 3.63) is 54.5 Å². The zero-order chi connectivity index (χ0) is 15.9. The number of hydrogen-bond acceptors (Lipinski definition) is 3. The second-order valence-corrected chi connectivity index (χ2v) is 5.51. The summed E-state index contributed by atoms with van der Waals surface area (Å²) in [5, 5.41) is 1.20. The first-order valence-electron chi connectivity index (χ1n) is 8.20. The molecular weight excluding hydrogens is 270 g/mol. The predicted octanol–water partition coefficient (Wildman–Crippen LogP) is 4.48. The maximum Gasteiger partial charge on any atom is 0.100 e. The van der Waals surface area contributed by atoms with Gasteiger partial charge in [0.15, 0.2) is 0 Å². The third-order valence-corrected chi connectivity index (χ3v) is 4.13. The van der Waals surface area contributed by atoms with Gasteiger partial charge in [0.1, 0.15) is 6.17 Å². The number of benzene rings is 1. The third-order valence-electron chi connectivity index (χ3n) is 4.13. The Kier molecular flexibility index (Phi) is 5.82. The number of nitrogens with zero attached hydrogens (tertiary/aromatic N) is 3. The highest BCUT2D eigenvalue weighted by Gasteiger charge is 2.25. The van der Waals surface area contributed by atoms with E-state index in [9.17, 15) is 0 Å². The first kappa shape index (κ1) is 16.3. The average molecular weight is 297 g/mol. The van der Waals surface area contributed by atoms with Crippen LogP contribution in [0.2, 0.25) is 0 Å². The number of aromatic nitrogens is 1. The normalized spacial score (nSPS) is 17.3. The van der Waals surface area contributed by atoms with Crippen LogP contribution in [0.5, 0.6) is 0 Å². The van der Waals surface area contributed by atoms with Gasteiger partial charge >= 0.3 is 0 Å². The van der Waals surface area contributed by atoms with Crippen LogP contribution < -0.4 is 0 Å². The Morgan fingerprint density at radius 2 is 1.77 bits per heavy atom. The first-order chi connectivity index (χ1) is 10.7. The third kappa shape index (κ3) is 3.59. The van der Waals surface area contributed by atoms with Crippen molar-refractivity contribution in [3.8, 4) is 0 Å². The van der Waals surface area contributed by atoms with E-state index in [-0.39, 0.29) is 0 Å². The summed E-state index contributed by atoms with van der Waals surface area (Å²) in [4.78, 5) is 8.99. The molecule has 2 heterocycles. The second-order valence-electron chi connectivity index (χ2n) is 5.51. The van der Waals surface area contributed by atoms with E-state index in [0.29, 0.717) is 6.17 Å². The van der Waals surface area contributed by atoms with Crippen LogP contribution in [-0.4, -0.2) is 34.5 Å². The van der Waals surface area contributed by atoms with E-state index in [1.165, 1.54) is 17.5 Å². The van der Waals surface area contributed by atoms with Gasteiger partial charge in [-0.15, -0.1) is 0 Å². The van der Waals surface area contributed by atoms with Crippen LogP contribution in [0.4, 0.5) is 0 Å². The van der Waals surface area contributed by atoms with Crippen LogP contribution in [0.1, 0.15) is 33.6 Å². The van der Waals surface area contributed by atoms with E-state index in [1.54, 1.807) is 0 Å². The summed E-state index contributed by atoms with van der Waals surface area (Å²) in [6.45, 7) is 7.82. The Labute approximate surface area is 134 Å². The molecule has 0 saturated carbocycles. The van der Waals surface area contributed by atoms with Crippen LogP contribution in [0.15, 0.2) is 54.5 Å². The van der Waals surface area contributed by atoms with Crippen molar-refractivity contribution in [1.82, 2.24) is 14.8 Å². The quantitative estimate of drug-likeness (QED) is 0.833. The van der Waals surface area contributed by atoms with Gasteiger partial charge < -0.3 is 9.80 Å². The molecule has 0 amide bonds. The standard InChI is InChI=1S/C10H20N2.C9H7N/c1-5-9-8-11(4)10(6-2)12(9)7-3;1-2-6-9-8(4-1)5-3-7-10-9/h8,10H,5-7H2,1-4H3;1-7H. The van der Waals surface area contributed by atoms with Gasteiger partial charge in [-0.1, -0.05) is 38.1 Å². The van der Waals surface area contributed by atoms with Crippen molar-refractivity contribution in [3.63, 3.8) is 0 Å². The molecule has 3 heteroatoms. The lowest BCUT2D eigenvalue weighted by Gasteiger charge is -2.30. The zero-order valence-corrected chi connectivity index (χ0v) is 14.2. The molecule has 0 bridgehead atoms. The van der Waals surface area contributed by atoms with Gasteiger partial charge in [0.05, 0.1) is 5.52 Å². The number of rotatable bonds is 3. The summed E-state index contributed by atoms with van der Waals surface area (Å²) < 4.78 is 0. The highest BCUT2D eigenvalue weighted by molar-refractivity contribution is 5.77. The monoisotopic (exact) mass is 297 g/mol. The Balaban J connectivity index is 0.000000162. The number of allylic oxidation sites excluding steroid dienone is 1. The summed E-state index contributed by atoms with van der Waals surface area (Å²) in [6.07, 6.45) is 7.03. The molecule has 3 rings (SSSR count).